The molecular formula is C14H15N3O2S. The summed E-state index contributed by atoms with van der Waals surface area (Å²) in [5.74, 6) is 0.245. The molecule has 0 aliphatic carbocycles. The van der Waals surface area contributed by atoms with Crippen LogP contribution in [0, 0.1) is 0 Å². The molecule has 0 saturated carbocycles. The Labute approximate surface area is 121 Å². The number of nitrogens with zero attached hydrogens (tertiary/aromatic N) is 1. The normalized spacial score (nSPS) is 10.2. The highest BCUT2D eigenvalue weighted by molar-refractivity contribution is 7.98. The van der Waals surface area contributed by atoms with Gasteiger partial charge in [0.2, 0.25) is 0 Å². The van der Waals surface area contributed by atoms with Gasteiger partial charge in [-0.05, 0) is 29.8 Å². The number of carbonyl (C=O) groups excluding carboxylic acids is 1. The number of anilines is 2. The van der Waals surface area contributed by atoms with E-state index in [0.717, 1.165) is 10.5 Å². The van der Waals surface area contributed by atoms with Crippen molar-refractivity contribution >= 4 is 29.1 Å². The molecule has 1 heterocycles. The maximum Gasteiger partial charge on any atom is 0.337 e. The third-order valence-corrected chi connectivity index (χ3v) is 3.78. The lowest BCUT2D eigenvalue weighted by atomic mass is 10.1. The summed E-state index contributed by atoms with van der Waals surface area (Å²) < 4.78 is 4.70. The van der Waals surface area contributed by atoms with Gasteiger partial charge >= 0.3 is 5.97 Å². The van der Waals surface area contributed by atoms with E-state index in [1.807, 2.05) is 6.07 Å². The van der Waals surface area contributed by atoms with Crippen LogP contribution in [0.3, 0.4) is 0 Å². The summed E-state index contributed by atoms with van der Waals surface area (Å²) in [6.07, 6.45) is 3.36. The van der Waals surface area contributed by atoms with Gasteiger partial charge in [-0.3, -0.25) is 4.98 Å². The van der Waals surface area contributed by atoms with Crippen molar-refractivity contribution in [2.45, 2.75) is 10.6 Å². The zero-order valence-corrected chi connectivity index (χ0v) is 11.8. The van der Waals surface area contributed by atoms with E-state index >= 15 is 0 Å². The molecular weight excluding hydrogens is 274 g/mol. The summed E-state index contributed by atoms with van der Waals surface area (Å²) in [5, 5.41) is 0. The van der Waals surface area contributed by atoms with Gasteiger partial charge in [-0.25, -0.2) is 4.79 Å². The monoisotopic (exact) mass is 289 g/mol. The lowest BCUT2D eigenvalue weighted by Gasteiger charge is -2.07. The topological polar surface area (TPSA) is 91.2 Å². The van der Waals surface area contributed by atoms with Crippen molar-refractivity contribution in [1.82, 2.24) is 4.98 Å². The fourth-order valence-corrected chi connectivity index (χ4v) is 2.57. The van der Waals surface area contributed by atoms with E-state index in [0.29, 0.717) is 22.7 Å². The second kappa shape index (κ2) is 6.29. The van der Waals surface area contributed by atoms with E-state index in [4.69, 9.17) is 16.2 Å². The molecule has 2 rings (SSSR count). The highest BCUT2D eigenvalue weighted by atomic mass is 32.2. The summed E-state index contributed by atoms with van der Waals surface area (Å²) in [4.78, 5) is 16.5. The van der Waals surface area contributed by atoms with Crippen molar-refractivity contribution < 1.29 is 9.53 Å². The minimum Gasteiger partial charge on any atom is -0.465 e. The van der Waals surface area contributed by atoms with Crippen LogP contribution < -0.4 is 11.5 Å². The van der Waals surface area contributed by atoms with Gasteiger partial charge in [0.15, 0.2) is 0 Å². The number of hydrogen-bond acceptors (Lipinski definition) is 6. The number of pyridine rings is 1. The molecule has 1 aromatic carbocycles. The van der Waals surface area contributed by atoms with Gasteiger partial charge in [0.25, 0.3) is 0 Å². The zero-order valence-electron chi connectivity index (χ0n) is 11.0. The Balaban J connectivity index is 2.16. The van der Waals surface area contributed by atoms with Gasteiger partial charge in [0.1, 0.15) is 0 Å². The van der Waals surface area contributed by atoms with Crippen LogP contribution in [0.15, 0.2) is 41.6 Å². The second-order valence-corrected chi connectivity index (χ2v) is 5.17. The molecule has 2 aromatic rings. The van der Waals surface area contributed by atoms with Crippen molar-refractivity contribution in [3.05, 3.63) is 47.8 Å². The molecule has 6 heteroatoms. The van der Waals surface area contributed by atoms with Crippen molar-refractivity contribution in [2.75, 3.05) is 18.6 Å². The molecule has 0 saturated heterocycles. The van der Waals surface area contributed by atoms with E-state index in [1.165, 1.54) is 7.11 Å². The Morgan fingerprint density at radius 2 is 2.15 bits per heavy atom. The maximum absolute atomic E-state index is 11.5. The zero-order chi connectivity index (χ0) is 14.5. The molecule has 4 N–H and O–H groups in total. The van der Waals surface area contributed by atoms with Crippen LogP contribution >= 0.6 is 11.8 Å². The first-order valence-electron chi connectivity index (χ1n) is 5.90. The molecule has 0 amide bonds. The Morgan fingerprint density at radius 1 is 1.35 bits per heavy atom. The first-order valence-corrected chi connectivity index (χ1v) is 6.88. The molecule has 5 nitrogen and oxygen atoms in total. The van der Waals surface area contributed by atoms with Gasteiger partial charge in [-0.2, -0.15) is 0 Å². The molecule has 0 atom stereocenters. The number of nitrogen functional groups attached to an aromatic ring is 2. The SMILES string of the molecule is COC(=O)c1cc(N)cc(CSc2cnccc2N)c1. The molecule has 0 bridgehead atoms. The van der Waals surface area contributed by atoms with Gasteiger partial charge in [-0.15, -0.1) is 11.8 Å². The number of methoxy groups -OCH3 is 1. The average Bonchev–Trinajstić information content (AvgIpc) is 2.45. The minimum absolute atomic E-state index is 0.399. The van der Waals surface area contributed by atoms with Gasteiger partial charge < -0.3 is 16.2 Å². The van der Waals surface area contributed by atoms with Crippen LogP contribution in [0.25, 0.3) is 0 Å². The number of aromatic nitrogens is 1. The summed E-state index contributed by atoms with van der Waals surface area (Å²) >= 11 is 1.54. The number of thioether (sulfide) groups is 1. The van der Waals surface area contributed by atoms with E-state index in [-0.39, 0.29) is 0 Å². The summed E-state index contributed by atoms with van der Waals surface area (Å²) in [7, 11) is 1.34. The number of hydrogen-bond donors (Lipinski definition) is 2. The van der Waals surface area contributed by atoms with Crippen LogP contribution in [-0.2, 0) is 10.5 Å². The first-order chi connectivity index (χ1) is 9.60. The Morgan fingerprint density at radius 3 is 2.85 bits per heavy atom. The predicted molar refractivity (Wildman–Crippen MR) is 80.4 cm³/mol. The van der Waals surface area contributed by atoms with Crippen molar-refractivity contribution in [3.63, 3.8) is 0 Å². The fraction of sp³-hybridized carbons (Fsp3) is 0.143. The second-order valence-electron chi connectivity index (χ2n) is 4.16. The highest BCUT2D eigenvalue weighted by Gasteiger charge is 2.08. The number of nitrogens with two attached hydrogens (primary N) is 2. The highest BCUT2D eigenvalue weighted by Crippen LogP contribution is 2.28. The Kier molecular flexibility index (Phi) is 4.47. The van der Waals surface area contributed by atoms with Crippen LogP contribution in [0.2, 0.25) is 0 Å². The maximum atomic E-state index is 11.5. The van der Waals surface area contributed by atoms with E-state index < -0.39 is 5.97 Å². The van der Waals surface area contributed by atoms with Crippen LogP contribution in [0.4, 0.5) is 11.4 Å². The molecule has 20 heavy (non-hydrogen) atoms. The van der Waals surface area contributed by atoms with E-state index in [1.54, 1.807) is 42.4 Å². The smallest absolute Gasteiger partial charge is 0.337 e. The lowest BCUT2D eigenvalue weighted by Crippen LogP contribution is -2.03. The molecule has 0 spiro atoms. The Hall–Kier alpha value is -2.21. The number of rotatable bonds is 4. The third kappa shape index (κ3) is 3.42. The molecule has 0 aliphatic rings. The summed E-state index contributed by atoms with van der Waals surface area (Å²) in [5.41, 5.74) is 14.2. The summed E-state index contributed by atoms with van der Waals surface area (Å²) in [6.45, 7) is 0. The number of carbonyl (C=O) groups is 1. The predicted octanol–water partition coefficient (Wildman–Crippen LogP) is 2.32. The van der Waals surface area contributed by atoms with Crippen LogP contribution in [0.1, 0.15) is 15.9 Å². The standard InChI is InChI=1S/C14H15N3O2S/c1-19-14(18)10-4-9(5-11(15)6-10)8-20-13-7-17-3-2-12(13)16/h2-7H,8,15H2,1H3,(H2,16,17). The lowest BCUT2D eigenvalue weighted by molar-refractivity contribution is 0.0600. The number of benzene rings is 1. The van der Waals surface area contributed by atoms with Crippen molar-refractivity contribution in [2.24, 2.45) is 0 Å². The summed E-state index contributed by atoms with van der Waals surface area (Å²) in [6, 6.07) is 6.94. The van der Waals surface area contributed by atoms with E-state index in [2.05, 4.69) is 4.98 Å². The number of ether oxygens (including phenoxy) is 1. The molecule has 0 aliphatic heterocycles. The Bertz CT molecular complexity index is 632. The van der Waals surface area contributed by atoms with Gasteiger partial charge in [0.05, 0.1) is 12.7 Å². The first kappa shape index (κ1) is 14.2. The van der Waals surface area contributed by atoms with Gasteiger partial charge in [-0.1, -0.05) is 0 Å². The molecule has 0 radical (unpaired) electrons. The largest absolute Gasteiger partial charge is 0.465 e. The van der Waals surface area contributed by atoms with Crippen LogP contribution in [0.5, 0.6) is 0 Å². The van der Waals surface area contributed by atoms with E-state index in [9.17, 15) is 4.79 Å². The molecule has 104 valence electrons. The van der Waals surface area contributed by atoms with Crippen molar-refractivity contribution in [1.29, 1.82) is 0 Å². The van der Waals surface area contributed by atoms with Gasteiger partial charge in [0, 0.05) is 34.4 Å². The van der Waals surface area contributed by atoms with Crippen LogP contribution in [-0.4, -0.2) is 18.1 Å². The molecule has 0 fully saturated rings. The fourth-order valence-electron chi connectivity index (χ4n) is 1.71. The number of esters is 1. The molecule has 1 aromatic heterocycles. The molecule has 0 unspecified atom stereocenters. The minimum atomic E-state index is -0.399. The van der Waals surface area contributed by atoms with Crippen molar-refractivity contribution in [3.8, 4) is 0 Å². The average molecular weight is 289 g/mol. The third-order valence-electron chi connectivity index (χ3n) is 2.65. The quantitative estimate of drug-likeness (QED) is 0.510.